The second kappa shape index (κ2) is 11.7. The molecule has 13 heteroatoms. The summed E-state index contributed by atoms with van der Waals surface area (Å²) in [5, 5.41) is 36.5. The van der Waals surface area contributed by atoms with Crippen LogP contribution in [-0.2, 0) is 21.3 Å². The van der Waals surface area contributed by atoms with Gasteiger partial charge in [-0.3, -0.25) is 9.48 Å². The van der Waals surface area contributed by atoms with Crippen molar-refractivity contribution in [3.8, 4) is 11.3 Å². The number of aromatic nitrogens is 5. The molecule has 0 saturated carbocycles. The highest BCUT2D eigenvalue weighted by Crippen LogP contribution is 2.38. The molecule has 0 aromatic carbocycles. The second-order valence-corrected chi connectivity index (χ2v) is 10.3. The Bertz CT molecular complexity index is 1290. The lowest BCUT2D eigenvalue weighted by Gasteiger charge is -2.38. The summed E-state index contributed by atoms with van der Waals surface area (Å²) in [5.74, 6) is -0.390. The number of fused-ring (bicyclic) bond motifs is 1. The third-order valence-corrected chi connectivity index (χ3v) is 7.67. The van der Waals surface area contributed by atoms with E-state index < -0.39 is 30.4 Å². The average Bonchev–Trinajstić information content (AvgIpc) is 3.61. The molecule has 2 fully saturated rings. The minimum absolute atomic E-state index is 0.0445. The Morgan fingerprint density at radius 2 is 1.95 bits per heavy atom. The maximum absolute atomic E-state index is 13.8. The Labute approximate surface area is 226 Å². The zero-order chi connectivity index (χ0) is 27.7. The van der Waals surface area contributed by atoms with Crippen LogP contribution in [0.3, 0.4) is 0 Å². The van der Waals surface area contributed by atoms with Crippen molar-refractivity contribution in [2.24, 2.45) is 7.05 Å². The smallest absolute Gasteiger partial charge is 0.254 e. The number of rotatable bonds is 9. The quantitative estimate of drug-likeness (QED) is 0.307. The summed E-state index contributed by atoms with van der Waals surface area (Å²) in [6.45, 7) is 4.18. The zero-order valence-electron chi connectivity index (χ0n) is 22.5. The number of aliphatic hydroxyl groups excluding tert-OH is 3. The van der Waals surface area contributed by atoms with Gasteiger partial charge in [0, 0.05) is 43.0 Å². The van der Waals surface area contributed by atoms with E-state index in [4.69, 9.17) is 14.6 Å². The molecule has 4 atom stereocenters. The van der Waals surface area contributed by atoms with Crippen molar-refractivity contribution < 1.29 is 29.6 Å². The molecule has 5 heterocycles. The summed E-state index contributed by atoms with van der Waals surface area (Å²) in [5.41, 5.74) is 2.71. The summed E-state index contributed by atoms with van der Waals surface area (Å²) < 4.78 is 14.9. The number of nitrogens with zero attached hydrogens (tertiary/aromatic N) is 7. The van der Waals surface area contributed by atoms with Gasteiger partial charge in [-0.2, -0.15) is 5.10 Å². The van der Waals surface area contributed by atoms with Crippen LogP contribution in [0.4, 0.5) is 0 Å². The fourth-order valence-electron chi connectivity index (χ4n) is 5.55. The molecule has 212 valence electrons. The van der Waals surface area contributed by atoms with Crippen molar-refractivity contribution in [3.63, 3.8) is 0 Å². The first-order chi connectivity index (χ1) is 18.8. The van der Waals surface area contributed by atoms with Gasteiger partial charge in [0.05, 0.1) is 31.2 Å². The first-order valence-electron chi connectivity index (χ1n) is 13.3. The molecule has 13 nitrogen and oxygen atoms in total. The molecule has 0 radical (unpaired) electrons. The maximum atomic E-state index is 13.8. The first-order valence-corrected chi connectivity index (χ1v) is 13.3. The zero-order valence-corrected chi connectivity index (χ0v) is 22.5. The highest BCUT2D eigenvalue weighted by molar-refractivity contribution is 5.94. The van der Waals surface area contributed by atoms with Gasteiger partial charge in [-0.25, -0.2) is 9.97 Å². The van der Waals surface area contributed by atoms with Crippen LogP contribution in [0, 0.1) is 6.92 Å². The van der Waals surface area contributed by atoms with Crippen LogP contribution < -0.4 is 0 Å². The van der Waals surface area contributed by atoms with Crippen LogP contribution in [0.5, 0.6) is 0 Å². The molecular weight excluding hydrogens is 506 g/mol. The summed E-state index contributed by atoms with van der Waals surface area (Å²) in [6.07, 6.45) is 1.49. The van der Waals surface area contributed by atoms with Gasteiger partial charge in [-0.1, -0.05) is 0 Å². The molecule has 0 spiro atoms. The Morgan fingerprint density at radius 3 is 2.64 bits per heavy atom. The summed E-state index contributed by atoms with van der Waals surface area (Å²) in [6, 6.07) is 1.83. The molecule has 0 bridgehead atoms. The molecule has 3 N–H and O–H groups in total. The van der Waals surface area contributed by atoms with Gasteiger partial charge in [0.25, 0.3) is 5.91 Å². The normalized spacial score (nSPS) is 24.6. The highest BCUT2D eigenvalue weighted by atomic mass is 16.6. The van der Waals surface area contributed by atoms with E-state index >= 15 is 0 Å². The number of hydrogen-bond acceptors (Lipinski definition) is 10. The van der Waals surface area contributed by atoms with Gasteiger partial charge in [0.2, 0.25) is 0 Å². The molecule has 5 rings (SSSR count). The van der Waals surface area contributed by atoms with Gasteiger partial charge in [-0.15, -0.1) is 0 Å². The van der Waals surface area contributed by atoms with E-state index in [0.717, 1.165) is 42.6 Å². The Balaban J connectivity index is 1.43. The number of likely N-dealkylation sites (tertiary alicyclic amines) is 1. The number of aliphatic hydroxyl groups is 3. The topological polar surface area (TPSA) is 151 Å². The standard InChI is InChI=1S/C26H37N7O6/c1-16-20-18(19-6-9-31(3)29-19)14-33(24(20)28-15-27-16)26-22(36)21(35)23(39-26)25(37)32(10-12-38-13-11-34)17-4-7-30(2)8-5-17/h6,9,14-15,17,21-23,26,34-36H,4-5,7-8,10-13H2,1-3H3/t21-,22+,23-,26+/m0/s1. The van der Waals surface area contributed by atoms with Gasteiger partial charge in [0.15, 0.2) is 12.3 Å². The van der Waals surface area contributed by atoms with Gasteiger partial charge in [0.1, 0.15) is 24.2 Å². The largest absolute Gasteiger partial charge is 0.394 e. The molecule has 39 heavy (non-hydrogen) atoms. The van der Waals surface area contributed by atoms with Crippen LogP contribution in [0.25, 0.3) is 22.3 Å². The predicted octanol–water partition coefficient (Wildman–Crippen LogP) is -0.309. The fraction of sp³-hybridized carbons (Fsp3) is 0.615. The SMILES string of the molecule is Cc1ncnc2c1c(-c1ccn(C)n1)cn2[C@@H]1O[C@H](C(=O)N(CCOCCO)C2CCN(C)CC2)[C@@H](O)[C@H]1O. The number of piperidine rings is 1. The van der Waals surface area contributed by atoms with E-state index in [-0.39, 0.29) is 25.9 Å². The van der Waals surface area contributed by atoms with Crippen molar-refractivity contribution in [2.45, 2.75) is 50.3 Å². The minimum Gasteiger partial charge on any atom is -0.394 e. The van der Waals surface area contributed by atoms with Crippen LogP contribution in [-0.4, -0.2) is 126 Å². The molecule has 2 saturated heterocycles. The summed E-state index contributed by atoms with van der Waals surface area (Å²) >= 11 is 0. The maximum Gasteiger partial charge on any atom is 0.254 e. The predicted molar refractivity (Wildman–Crippen MR) is 141 cm³/mol. The molecule has 3 aromatic rings. The van der Waals surface area contributed by atoms with E-state index in [9.17, 15) is 15.0 Å². The number of aryl methyl sites for hydroxylation is 2. The molecule has 2 aliphatic rings. The number of carbonyl (C=O) groups excluding carboxylic acids is 1. The van der Waals surface area contributed by atoms with E-state index in [0.29, 0.717) is 17.9 Å². The number of ether oxygens (including phenoxy) is 2. The van der Waals surface area contributed by atoms with Gasteiger partial charge in [-0.05, 0) is 46.0 Å². The fourth-order valence-corrected chi connectivity index (χ4v) is 5.55. The van der Waals surface area contributed by atoms with Crippen molar-refractivity contribution in [3.05, 3.63) is 30.5 Å². The van der Waals surface area contributed by atoms with Crippen LogP contribution >= 0.6 is 0 Å². The molecule has 1 amide bonds. The highest BCUT2D eigenvalue weighted by Gasteiger charge is 2.49. The lowest BCUT2D eigenvalue weighted by molar-refractivity contribution is -0.153. The van der Waals surface area contributed by atoms with Gasteiger partial charge >= 0.3 is 0 Å². The van der Waals surface area contributed by atoms with Crippen molar-refractivity contribution >= 4 is 16.9 Å². The summed E-state index contributed by atoms with van der Waals surface area (Å²) in [4.78, 5) is 26.5. The van der Waals surface area contributed by atoms with Crippen molar-refractivity contribution in [1.29, 1.82) is 0 Å². The van der Waals surface area contributed by atoms with Crippen LogP contribution in [0.15, 0.2) is 24.8 Å². The lowest BCUT2D eigenvalue weighted by atomic mass is 10.0. The number of carbonyl (C=O) groups is 1. The van der Waals surface area contributed by atoms with Crippen molar-refractivity contribution in [1.82, 2.24) is 34.1 Å². The molecule has 0 aliphatic carbocycles. The minimum atomic E-state index is -1.44. The summed E-state index contributed by atoms with van der Waals surface area (Å²) in [7, 11) is 3.87. The number of hydrogen-bond donors (Lipinski definition) is 3. The third kappa shape index (κ3) is 5.42. The second-order valence-electron chi connectivity index (χ2n) is 10.3. The van der Waals surface area contributed by atoms with E-state index in [2.05, 4.69) is 20.0 Å². The van der Waals surface area contributed by atoms with Crippen LogP contribution in [0.2, 0.25) is 0 Å². The lowest BCUT2D eigenvalue weighted by Crippen LogP contribution is -2.53. The molecule has 3 aromatic heterocycles. The Hall–Kier alpha value is -2.94. The Morgan fingerprint density at radius 1 is 1.18 bits per heavy atom. The first kappa shape index (κ1) is 27.6. The van der Waals surface area contributed by atoms with E-state index in [1.54, 1.807) is 20.3 Å². The molecule has 2 aliphatic heterocycles. The third-order valence-electron chi connectivity index (χ3n) is 7.67. The van der Waals surface area contributed by atoms with Crippen LogP contribution in [0.1, 0.15) is 24.8 Å². The van der Waals surface area contributed by atoms with Crippen molar-refractivity contribution in [2.75, 3.05) is 46.5 Å². The molecular formula is C26H37N7O6. The van der Waals surface area contributed by atoms with E-state index in [1.165, 1.54) is 6.33 Å². The Kier molecular flexibility index (Phi) is 8.26. The van der Waals surface area contributed by atoms with Gasteiger partial charge < -0.3 is 39.2 Å². The monoisotopic (exact) mass is 543 g/mol. The molecule has 0 unspecified atom stereocenters. The van der Waals surface area contributed by atoms with E-state index in [1.807, 2.05) is 33.3 Å². The number of amides is 1. The average molecular weight is 544 g/mol.